The summed E-state index contributed by atoms with van der Waals surface area (Å²) in [7, 11) is 0. The number of pyridine rings is 1. The summed E-state index contributed by atoms with van der Waals surface area (Å²) in [6.45, 7) is 1.97. The fourth-order valence-electron chi connectivity index (χ4n) is 1.41. The highest BCUT2D eigenvalue weighted by Gasteiger charge is 2.05. The number of nitriles is 1. The van der Waals surface area contributed by atoms with Gasteiger partial charge >= 0.3 is 0 Å². The highest BCUT2D eigenvalue weighted by Crippen LogP contribution is 2.25. The van der Waals surface area contributed by atoms with Crippen LogP contribution in [-0.4, -0.2) is 4.98 Å². The Morgan fingerprint density at radius 1 is 1.35 bits per heavy atom. The van der Waals surface area contributed by atoms with Crippen molar-refractivity contribution >= 4 is 5.69 Å². The van der Waals surface area contributed by atoms with Crippen LogP contribution < -0.4 is 10.5 Å². The van der Waals surface area contributed by atoms with Crippen molar-refractivity contribution in [2.24, 2.45) is 0 Å². The zero-order chi connectivity index (χ0) is 12.3. The van der Waals surface area contributed by atoms with E-state index in [9.17, 15) is 0 Å². The van der Waals surface area contributed by atoms with Crippen LogP contribution in [0.25, 0.3) is 0 Å². The number of hydrogen-bond acceptors (Lipinski definition) is 4. The van der Waals surface area contributed by atoms with E-state index in [1.807, 2.05) is 37.3 Å². The molecular formula is C13H11N3O. The second-order valence-corrected chi connectivity index (χ2v) is 3.65. The monoisotopic (exact) mass is 225 g/mol. The molecule has 0 spiro atoms. The quantitative estimate of drug-likeness (QED) is 0.852. The Labute approximate surface area is 99.3 Å². The first-order valence-corrected chi connectivity index (χ1v) is 5.09. The topological polar surface area (TPSA) is 71.9 Å². The van der Waals surface area contributed by atoms with Crippen LogP contribution in [0.1, 0.15) is 11.1 Å². The van der Waals surface area contributed by atoms with Crippen molar-refractivity contribution in [2.45, 2.75) is 6.92 Å². The molecule has 84 valence electrons. The molecule has 0 radical (unpaired) electrons. The second-order valence-electron chi connectivity index (χ2n) is 3.65. The zero-order valence-corrected chi connectivity index (χ0v) is 9.34. The number of rotatable bonds is 2. The van der Waals surface area contributed by atoms with Gasteiger partial charge in [-0.3, -0.25) is 0 Å². The van der Waals surface area contributed by atoms with E-state index in [2.05, 4.69) is 4.98 Å². The minimum atomic E-state index is 0.314. The fourth-order valence-corrected chi connectivity index (χ4v) is 1.41. The molecule has 2 N–H and O–H groups in total. The highest BCUT2D eigenvalue weighted by molar-refractivity contribution is 5.53. The van der Waals surface area contributed by atoms with Gasteiger partial charge in [0, 0.05) is 6.20 Å². The number of benzene rings is 1. The molecule has 0 aliphatic carbocycles. The van der Waals surface area contributed by atoms with E-state index in [4.69, 9.17) is 15.7 Å². The summed E-state index contributed by atoms with van der Waals surface area (Å²) >= 11 is 0. The summed E-state index contributed by atoms with van der Waals surface area (Å²) in [5.74, 6) is 0.989. The summed E-state index contributed by atoms with van der Waals surface area (Å²) in [5, 5.41) is 8.69. The van der Waals surface area contributed by atoms with E-state index in [0.717, 1.165) is 5.56 Å². The van der Waals surface area contributed by atoms with Gasteiger partial charge in [0.2, 0.25) is 5.88 Å². The SMILES string of the molecule is Cc1cccc(Oc2ncc(C#N)cc2N)c1. The first-order valence-electron chi connectivity index (χ1n) is 5.09. The van der Waals surface area contributed by atoms with Gasteiger partial charge in [0.1, 0.15) is 11.8 Å². The Kier molecular flexibility index (Phi) is 2.93. The first kappa shape index (κ1) is 11.0. The van der Waals surface area contributed by atoms with Gasteiger partial charge in [-0.25, -0.2) is 4.98 Å². The minimum Gasteiger partial charge on any atom is -0.437 e. The van der Waals surface area contributed by atoms with Crippen molar-refractivity contribution in [2.75, 3.05) is 5.73 Å². The number of aromatic nitrogens is 1. The van der Waals surface area contributed by atoms with Crippen LogP contribution >= 0.6 is 0 Å². The summed E-state index contributed by atoms with van der Waals surface area (Å²) in [5.41, 5.74) is 7.60. The Bertz CT molecular complexity index is 587. The van der Waals surface area contributed by atoms with Gasteiger partial charge in [-0.2, -0.15) is 5.26 Å². The molecule has 1 aromatic carbocycles. The Balaban J connectivity index is 2.28. The van der Waals surface area contributed by atoms with Crippen molar-refractivity contribution in [3.05, 3.63) is 47.7 Å². The van der Waals surface area contributed by atoms with Crippen LogP contribution in [-0.2, 0) is 0 Å². The fraction of sp³-hybridized carbons (Fsp3) is 0.0769. The van der Waals surface area contributed by atoms with Gasteiger partial charge in [-0.05, 0) is 30.7 Å². The van der Waals surface area contributed by atoms with E-state index in [-0.39, 0.29) is 0 Å². The lowest BCUT2D eigenvalue weighted by Crippen LogP contribution is -1.96. The molecule has 0 bridgehead atoms. The van der Waals surface area contributed by atoms with E-state index < -0.39 is 0 Å². The van der Waals surface area contributed by atoms with E-state index >= 15 is 0 Å². The Hall–Kier alpha value is -2.54. The molecule has 4 heteroatoms. The molecule has 0 aliphatic rings. The lowest BCUT2D eigenvalue weighted by molar-refractivity contribution is 0.465. The normalized spacial score (nSPS) is 9.65. The third-order valence-corrected chi connectivity index (χ3v) is 2.21. The largest absolute Gasteiger partial charge is 0.437 e. The summed E-state index contributed by atoms with van der Waals surface area (Å²) < 4.78 is 5.54. The van der Waals surface area contributed by atoms with Crippen LogP contribution in [0, 0.1) is 18.3 Å². The predicted octanol–water partition coefficient (Wildman–Crippen LogP) is 2.64. The number of nitrogens with zero attached hydrogens (tertiary/aromatic N) is 2. The molecule has 0 atom stereocenters. The Morgan fingerprint density at radius 3 is 2.82 bits per heavy atom. The first-order chi connectivity index (χ1) is 8.19. The maximum absolute atomic E-state index is 8.69. The highest BCUT2D eigenvalue weighted by atomic mass is 16.5. The van der Waals surface area contributed by atoms with Gasteiger partial charge < -0.3 is 10.5 Å². The van der Waals surface area contributed by atoms with E-state index in [1.165, 1.54) is 12.3 Å². The van der Waals surface area contributed by atoms with Crippen molar-refractivity contribution < 1.29 is 4.74 Å². The molecule has 0 amide bonds. The summed E-state index contributed by atoms with van der Waals surface area (Å²) in [4.78, 5) is 4.00. The number of nitrogen functional groups attached to an aromatic ring is 1. The van der Waals surface area contributed by atoms with Gasteiger partial charge in [0.25, 0.3) is 0 Å². The summed E-state index contributed by atoms with van der Waals surface area (Å²) in [6.07, 6.45) is 1.43. The van der Waals surface area contributed by atoms with Crippen LogP contribution in [0.15, 0.2) is 36.5 Å². The van der Waals surface area contributed by atoms with Gasteiger partial charge in [-0.15, -0.1) is 0 Å². The number of ether oxygens (including phenoxy) is 1. The smallest absolute Gasteiger partial charge is 0.242 e. The van der Waals surface area contributed by atoms with Crippen LogP contribution in [0.4, 0.5) is 5.69 Å². The molecular weight excluding hydrogens is 214 g/mol. The lowest BCUT2D eigenvalue weighted by Gasteiger charge is -2.07. The molecule has 2 rings (SSSR count). The average Bonchev–Trinajstić information content (AvgIpc) is 2.32. The maximum Gasteiger partial charge on any atom is 0.242 e. The minimum absolute atomic E-state index is 0.314. The van der Waals surface area contributed by atoms with Crippen molar-refractivity contribution in [1.82, 2.24) is 4.98 Å². The Morgan fingerprint density at radius 2 is 2.18 bits per heavy atom. The van der Waals surface area contributed by atoms with Gasteiger partial charge in [0.15, 0.2) is 0 Å². The third kappa shape index (κ3) is 2.52. The number of nitrogens with two attached hydrogens (primary N) is 1. The number of anilines is 1. The van der Waals surface area contributed by atoms with Gasteiger partial charge in [-0.1, -0.05) is 12.1 Å². The standard InChI is InChI=1S/C13H11N3O/c1-9-3-2-4-11(5-9)17-13-12(15)6-10(7-14)8-16-13/h2-6,8H,15H2,1H3. The molecule has 0 aliphatic heterocycles. The molecule has 4 nitrogen and oxygen atoms in total. The second kappa shape index (κ2) is 4.54. The molecule has 1 aromatic heterocycles. The number of aryl methyl sites for hydroxylation is 1. The molecule has 0 fully saturated rings. The van der Waals surface area contributed by atoms with Crippen LogP contribution in [0.3, 0.4) is 0 Å². The van der Waals surface area contributed by atoms with E-state index in [1.54, 1.807) is 0 Å². The van der Waals surface area contributed by atoms with E-state index in [0.29, 0.717) is 22.9 Å². The third-order valence-electron chi connectivity index (χ3n) is 2.21. The van der Waals surface area contributed by atoms with Crippen LogP contribution in [0.2, 0.25) is 0 Å². The van der Waals surface area contributed by atoms with Crippen molar-refractivity contribution in [3.63, 3.8) is 0 Å². The van der Waals surface area contributed by atoms with Crippen molar-refractivity contribution in [3.8, 4) is 17.7 Å². The molecule has 0 unspecified atom stereocenters. The molecule has 0 saturated carbocycles. The molecule has 2 aromatic rings. The lowest BCUT2D eigenvalue weighted by atomic mass is 10.2. The zero-order valence-electron chi connectivity index (χ0n) is 9.34. The molecule has 17 heavy (non-hydrogen) atoms. The maximum atomic E-state index is 8.69. The molecule has 1 heterocycles. The van der Waals surface area contributed by atoms with Crippen LogP contribution in [0.5, 0.6) is 11.6 Å². The number of hydrogen-bond donors (Lipinski definition) is 1. The van der Waals surface area contributed by atoms with Crippen molar-refractivity contribution in [1.29, 1.82) is 5.26 Å². The van der Waals surface area contributed by atoms with Gasteiger partial charge in [0.05, 0.1) is 11.3 Å². The molecule has 0 saturated heterocycles. The predicted molar refractivity (Wildman–Crippen MR) is 64.6 cm³/mol. The summed E-state index contributed by atoms with van der Waals surface area (Å²) in [6, 6.07) is 11.1. The average molecular weight is 225 g/mol.